The first-order valence-electron chi connectivity index (χ1n) is 9.75. The fraction of sp³-hybridized carbons (Fsp3) is 0.318. The van der Waals surface area contributed by atoms with Crippen LogP contribution in [0.5, 0.6) is 0 Å². The molecule has 0 spiro atoms. The van der Waals surface area contributed by atoms with Crippen molar-refractivity contribution in [3.63, 3.8) is 0 Å². The lowest BCUT2D eigenvalue weighted by Gasteiger charge is -2.40. The molecule has 0 saturated carbocycles. The van der Waals surface area contributed by atoms with Gasteiger partial charge in [-0.15, -0.1) is 0 Å². The number of benzene rings is 1. The molecule has 1 fully saturated rings. The Morgan fingerprint density at radius 3 is 2.65 bits per heavy atom. The number of aryl methyl sites for hydroxylation is 1. The highest BCUT2D eigenvalue weighted by Crippen LogP contribution is 2.32. The van der Waals surface area contributed by atoms with Gasteiger partial charge >= 0.3 is 6.18 Å². The number of carbonyl (C=O) groups is 1. The van der Waals surface area contributed by atoms with E-state index in [2.05, 4.69) is 9.97 Å². The Hall–Kier alpha value is -3.20. The van der Waals surface area contributed by atoms with Crippen LogP contribution in [0.15, 0.2) is 42.6 Å². The first kappa shape index (κ1) is 21.0. The quantitative estimate of drug-likeness (QED) is 0.661. The summed E-state index contributed by atoms with van der Waals surface area (Å²) in [5.41, 5.74) is 7.30. The van der Waals surface area contributed by atoms with Crippen LogP contribution >= 0.6 is 0 Å². The third-order valence-corrected chi connectivity index (χ3v) is 5.43. The van der Waals surface area contributed by atoms with E-state index in [9.17, 15) is 18.0 Å². The van der Waals surface area contributed by atoms with Crippen molar-refractivity contribution in [3.8, 4) is 0 Å². The van der Waals surface area contributed by atoms with Gasteiger partial charge in [-0.25, -0.2) is 4.98 Å². The van der Waals surface area contributed by atoms with Gasteiger partial charge in [0, 0.05) is 17.1 Å². The predicted octanol–water partition coefficient (Wildman–Crippen LogP) is 4.14. The summed E-state index contributed by atoms with van der Waals surface area (Å²) in [4.78, 5) is 23.4. The van der Waals surface area contributed by atoms with Crippen LogP contribution < -0.4 is 5.73 Å². The third kappa shape index (κ3) is 4.05. The molecule has 0 radical (unpaired) electrons. The summed E-state index contributed by atoms with van der Waals surface area (Å²) in [6.45, 7) is 4.15. The lowest BCUT2D eigenvalue weighted by Crippen LogP contribution is -2.49. The smallest absolute Gasteiger partial charge is 0.383 e. The summed E-state index contributed by atoms with van der Waals surface area (Å²) in [5.74, 6) is 0.181. The Morgan fingerprint density at radius 2 is 1.97 bits per heavy atom. The fourth-order valence-corrected chi connectivity index (χ4v) is 3.74. The topological polar surface area (TPSA) is 81.3 Å². The third-order valence-electron chi connectivity index (χ3n) is 5.43. The largest absolute Gasteiger partial charge is 0.417 e. The van der Waals surface area contributed by atoms with Crippen molar-refractivity contribution in [2.45, 2.75) is 32.1 Å². The molecular weight excluding hydrogens is 409 g/mol. The van der Waals surface area contributed by atoms with E-state index in [0.29, 0.717) is 29.2 Å². The van der Waals surface area contributed by atoms with Crippen molar-refractivity contribution in [3.05, 3.63) is 65.0 Å². The number of morpholine rings is 1. The van der Waals surface area contributed by atoms with Gasteiger partial charge in [0.15, 0.2) is 0 Å². The van der Waals surface area contributed by atoms with Crippen LogP contribution in [0.3, 0.4) is 0 Å². The van der Waals surface area contributed by atoms with Gasteiger partial charge in [0.2, 0.25) is 0 Å². The van der Waals surface area contributed by atoms with Crippen LogP contribution in [0.2, 0.25) is 0 Å². The molecule has 0 bridgehead atoms. The summed E-state index contributed by atoms with van der Waals surface area (Å²) >= 11 is 0. The minimum absolute atomic E-state index is 0.152. The van der Waals surface area contributed by atoms with Crippen molar-refractivity contribution < 1.29 is 22.7 Å². The lowest BCUT2D eigenvalue weighted by atomic mass is 10.0. The van der Waals surface area contributed by atoms with Crippen molar-refractivity contribution in [1.29, 1.82) is 0 Å². The average Bonchev–Trinajstić information content (AvgIpc) is 2.73. The van der Waals surface area contributed by atoms with Crippen LogP contribution in [-0.4, -0.2) is 40.0 Å². The minimum Gasteiger partial charge on any atom is -0.383 e. The number of ether oxygens (including phenoxy) is 1. The van der Waals surface area contributed by atoms with E-state index < -0.39 is 17.8 Å². The molecule has 2 N–H and O–H groups in total. The van der Waals surface area contributed by atoms with Gasteiger partial charge in [0.05, 0.1) is 42.1 Å². The predicted molar refractivity (Wildman–Crippen MR) is 109 cm³/mol. The Balaban J connectivity index is 1.69. The van der Waals surface area contributed by atoms with Crippen molar-refractivity contribution in [1.82, 2.24) is 14.9 Å². The highest BCUT2D eigenvalue weighted by molar-refractivity contribution is 5.98. The molecule has 1 aromatic carbocycles. The van der Waals surface area contributed by atoms with Gasteiger partial charge in [-0.05, 0) is 55.8 Å². The second-order valence-electron chi connectivity index (χ2n) is 7.68. The molecule has 1 amide bonds. The number of hydrogen-bond acceptors (Lipinski definition) is 5. The molecule has 3 aromatic rings. The monoisotopic (exact) mass is 430 g/mol. The summed E-state index contributed by atoms with van der Waals surface area (Å²) in [6, 6.07) is 8.41. The van der Waals surface area contributed by atoms with Crippen LogP contribution in [0.4, 0.5) is 19.0 Å². The number of rotatable bonds is 2. The molecule has 2 aromatic heterocycles. The van der Waals surface area contributed by atoms with Gasteiger partial charge in [-0.2, -0.15) is 13.2 Å². The van der Waals surface area contributed by atoms with Crippen LogP contribution in [0.25, 0.3) is 10.9 Å². The van der Waals surface area contributed by atoms with E-state index in [1.165, 1.54) is 6.07 Å². The molecule has 1 saturated heterocycles. The first-order chi connectivity index (χ1) is 14.6. The molecule has 9 heteroatoms. The number of aromatic nitrogens is 2. The summed E-state index contributed by atoms with van der Waals surface area (Å²) < 4.78 is 44.2. The molecule has 6 nitrogen and oxygen atoms in total. The molecule has 0 aliphatic carbocycles. The fourth-order valence-electron chi connectivity index (χ4n) is 3.74. The SMILES string of the molecule is Cc1cc2cc(C(=O)N3C(C)COCC3c3ccc(C(F)(F)F)cn3)ccc2nc1N. The standard InChI is InChI=1S/C22H21F3N4O2/c1-12-7-15-8-14(3-5-17(15)28-20(12)26)21(30)29-13(2)10-31-11-19(29)18-6-4-16(9-27-18)22(23,24)25/h3-9,13,19H,10-11H2,1-2H3,(H2,26,28). The van der Waals surface area contributed by atoms with Gasteiger partial charge in [-0.3, -0.25) is 9.78 Å². The number of nitrogen functional groups attached to an aromatic ring is 1. The van der Waals surface area contributed by atoms with Crippen molar-refractivity contribution in [2.24, 2.45) is 0 Å². The van der Waals surface area contributed by atoms with E-state index in [-0.39, 0.29) is 18.6 Å². The number of amides is 1. The van der Waals surface area contributed by atoms with Crippen molar-refractivity contribution >= 4 is 22.6 Å². The van der Waals surface area contributed by atoms with E-state index in [1.807, 2.05) is 19.9 Å². The number of nitrogens with two attached hydrogens (primary N) is 1. The maximum Gasteiger partial charge on any atom is 0.417 e. The Morgan fingerprint density at radius 1 is 1.19 bits per heavy atom. The van der Waals surface area contributed by atoms with Gasteiger partial charge in [-0.1, -0.05) is 0 Å². The number of halogens is 3. The molecular formula is C22H21F3N4O2. The van der Waals surface area contributed by atoms with Crippen LogP contribution in [-0.2, 0) is 10.9 Å². The molecule has 162 valence electrons. The minimum atomic E-state index is -4.47. The van der Waals surface area contributed by atoms with Gasteiger partial charge < -0.3 is 15.4 Å². The maximum absolute atomic E-state index is 13.4. The molecule has 1 aliphatic heterocycles. The summed E-state index contributed by atoms with van der Waals surface area (Å²) in [6.07, 6.45) is -3.69. The number of nitrogens with zero attached hydrogens (tertiary/aromatic N) is 3. The van der Waals surface area contributed by atoms with E-state index >= 15 is 0 Å². The van der Waals surface area contributed by atoms with Gasteiger partial charge in [0.25, 0.3) is 5.91 Å². The zero-order valence-electron chi connectivity index (χ0n) is 17.0. The molecule has 2 unspecified atom stereocenters. The zero-order chi connectivity index (χ0) is 22.3. The first-order valence-corrected chi connectivity index (χ1v) is 9.75. The number of anilines is 1. The number of alkyl halides is 3. The van der Waals surface area contributed by atoms with E-state index in [0.717, 1.165) is 23.2 Å². The second-order valence-corrected chi connectivity index (χ2v) is 7.68. The molecule has 1 aliphatic rings. The average molecular weight is 430 g/mol. The maximum atomic E-state index is 13.4. The summed E-state index contributed by atoms with van der Waals surface area (Å²) in [5, 5.41) is 0.780. The molecule has 2 atom stereocenters. The number of fused-ring (bicyclic) bond motifs is 1. The molecule has 4 rings (SSSR count). The van der Waals surface area contributed by atoms with Crippen LogP contribution in [0.1, 0.15) is 40.1 Å². The van der Waals surface area contributed by atoms with E-state index in [4.69, 9.17) is 10.5 Å². The van der Waals surface area contributed by atoms with E-state index in [1.54, 1.807) is 23.1 Å². The summed E-state index contributed by atoms with van der Waals surface area (Å²) in [7, 11) is 0. The highest BCUT2D eigenvalue weighted by atomic mass is 19.4. The van der Waals surface area contributed by atoms with Gasteiger partial charge in [0.1, 0.15) is 5.82 Å². The Labute approximate surface area is 176 Å². The van der Waals surface area contributed by atoms with Crippen molar-refractivity contribution in [2.75, 3.05) is 18.9 Å². The highest BCUT2D eigenvalue weighted by Gasteiger charge is 2.36. The zero-order valence-corrected chi connectivity index (χ0v) is 17.0. The number of pyridine rings is 2. The Bertz CT molecular complexity index is 1130. The lowest BCUT2D eigenvalue weighted by molar-refractivity contribution is -0.137. The molecule has 3 heterocycles. The molecule has 31 heavy (non-hydrogen) atoms. The second kappa shape index (κ2) is 7.81. The number of carbonyl (C=O) groups excluding carboxylic acids is 1. The Kier molecular flexibility index (Phi) is 5.30. The normalized spacial score (nSPS) is 19.6. The van der Waals surface area contributed by atoms with Crippen LogP contribution in [0, 0.1) is 6.92 Å². The number of hydrogen-bond donors (Lipinski definition) is 1.